The molecule has 4 heteroatoms. The van der Waals surface area contributed by atoms with E-state index in [9.17, 15) is 0 Å². The van der Waals surface area contributed by atoms with E-state index in [2.05, 4.69) is 66.7 Å². The van der Waals surface area contributed by atoms with E-state index in [1.54, 1.807) is 0 Å². The van der Waals surface area contributed by atoms with E-state index in [0.717, 1.165) is 13.1 Å². The zero-order valence-corrected chi connectivity index (χ0v) is 12.8. The van der Waals surface area contributed by atoms with Gasteiger partial charge in [-0.25, -0.2) is 0 Å². The van der Waals surface area contributed by atoms with Crippen LogP contribution in [-0.2, 0) is 13.6 Å². The summed E-state index contributed by atoms with van der Waals surface area (Å²) in [5, 5.41) is 7.71. The summed E-state index contributed by atoms with van der Waals surface area (Å²) in [6.07, 6.45) is 3.99. The molecule has 1 aromatic carbocycles. The molecule has 1 atom stereocenters. The zero-order valence-electron chi connectivity index (χ0n) is 12.8. The van der Waals surface area contributed by atoms with Crippen LogP contribution in [0.15, 0.2) is 36.7 Å². The maximum Gasteiger partial charge on any atom is 0.0539 e. The Morgan fingerprint density at radius 2 is 2.10 bits per heavy atom. The molecule has 0 spiro atoms. The van der Waals surface area contributed by atoms with Gasteiger partial charge in [-0.3, -0.25) is 4.68 Å². The number of hydrogen-bond donors (Lipinski definition) is 1. The first-order valence-electron chi connectivity index (χ1n) is 7.12. The summed E-state index contributed by atoms with van der Waals surface area (Å²) < 4.78 is 1.84. The van der Waals surface area contributed by atoms with Crippen molar-refractivity contribution in [1.82, 2.24) is 15.1 Å². The van der Waals surface area contributed by atoms with Gasteiger partial charge in [0.1, 0.15) is 0 Å². The second-order valence-electron chi connectivity index (χ2n) is 5.22. The lowest BCUT2D eigenvalue weighted by Gasteiger charge is -2.25. The number of nitrogens with one attached hydrogen (secondary N) is 1. The Bertz CT molecular complexity index is 547. The fourth-order valence-electron chi connectivity index (χ4n) is 2.53. The van der Waals surface area contributed by atoms with Crippen LogP contribution in [-0.4, -0.2) is 23.4 Å². The van der Waals surface area contributed by atoms with Gasteiger partial charge >= 0.3 is 0 Å². The van der Waals surface area contributed by atoms with Crippen LogP contribution in [0, 0.1) is 0 Å². The lowest BCUT2D eigenvalue weighted by atomic mass is 10.0. The summed E-state index contributed by atoms with van der Waals surface area (Å²) >= 11 is 0. The fraction of sp³-hybridized carbons (Fsp3) is 0.438. The van der Waals surface area contributed by atoms with Crippen LogP contribution in [0.5, 0.6) is 0 Å². The standard InChI is InChI=1S/C16H24N4/c1-5-17-13(2)15-8-6-7-9-16(15)19(3)11-14-10-18-20(4)12-14/h6-10,12-13,17H,5,11H2,1-4H3. The Kier molecular flexibility index (Phi) is 4.79. The molecular weight excluding hydrogens is 248 g/mol. The van der Waals surface area contributed by atoms with Gasteiger partial charge in [-0.15, -0.1) is 0 Å². The Morgan fingerprint density at radius 1 is 1.35 bits per heavy atom. The zero-order chi connectivity index (χ0) is 14.5. The molecule has 1 N–H and O–H groups in total. The second kappa shape index (κ2) is 6.57. The van der Waals surface area contributed by atoms with Crippen molar-refractivity contribution in [3.05, 3.63) is 47.8 Å². The van der Waals surface area contributed by atoms with Crippen molar-refractivity contribution < 1.29 is 0 Å². The number of rotatable bonds is 6. The minimum atomic E-state index is 0.354. The summed E-state index contributed by atoms with van der Waals surface area (Å²) in [5.41, 5.74) is 3.83. The molecular formula is C16H24N4. The lowest BCUT2D eigenvalue weighted by molar-refractivity contribution is 0.597. The summed E-state index contributed by atoms with van der Waals surface area (Å²) in [5.74, 6) is 0. The largest absolute Gasteiger partial charge is 0.370 e. The number of nitrogens with zero attached hydrogens (tertiary/aromatic N) is 3. The number of anilines is 1. The first kappa shape index (κ1) is 14.6. The predicted octanol–water partition coefficient (Wildman–Crippen LogP) is 2.73. The molecule has 0 aliphatic rings. The molecule has 0 bridgehead atoms. The van der Waals surface area contributed by atoms with Crippen LogP contribution in [0.2, 0.25) is 0 Å². The van der Waals surface area contributed by atoms with Crippen LogP contribution < -0.4 is 10.2 Å². The van der Waals surface area contributed by atoms with Gasteiger partial charge in [0.05, 0.1) is 6.20 Å². The normalized spacial score (nSPS) is 12.4. The third-order valence-electron chi connectivity index (χ3n) is 3.50. The van der Waals surface area contributed by atoms with Gasteiger partial charge < -0.3 is 10.2 Å². The molecule has 0 fully saturated rings. The average molecular weight is 272 g/mol. The molecule has 0 aliphatic carbocycles. The van der Waals surface area contributed by atoms with Crippen LogP contribution in [0.1, 0.15) is 31.0 Å². The first-order valence-corrected chi connectivity index (χ1v) is 7.12. The smallest absolute Gasteiger partial charge is 0.0539 e. The molecule has 20 heavy (non-hydrogen) atoms. The summed E-state index contributed by atoms with van der Waals surface area (Å²) in [6, 6.07) is 8.93. The van der Waals surface area contributed by atoms with Gasteiger partial charge in [-0.2, -0.15) is 5.10 Å². The van der Waals surface area contributed by atoms with Gasteiger partial charge in [-0.05, 0) is 25.1 Å². The maximum absolute atomic E-state index is 4.23. The molecule has 0 aliphatic heterocycles. The molecule has 1 aromatic heterocycles. The van der Waals surface area contributed by atoms with E-state index in [4.69, 9.17) is 0 Å². The van der Waals surface area contributed by atoms with Crippen LogP contribution in [0.3, 0.4) is 0 Å². The molecule has 1 unspecified atom stereocenters. The summed E-state index contributed by atoms with van der Waals surface area (Å²) in [7, 11) is 4.08. The van der Waals surface area contributed by atoms with Crippen molar-refractivity contribution in [1.29, 1.82) is 0 Å². The molecule has 2 aromatic rings. The molecule has 0 saturated carbocycles. The Hall–Kier alpha value is -1.81. The highest BCUT2D eigenvalue weighted by Crippen LogP contribution is 2.26. The molecule has 4 nitrogen and oxygen atoms in total. The summed E-state index contributed by atoms with van der Waals surface area (Å²) in [6.45, 7) is 6.18. The molecule has 0 amide bonds. The Morgan fingerprint density at radius 3 is 2.75 bits per heavy atom. The minimum Gasteiger partial charge on any atom is -0.370 e. The SMILES string of the molecule is CCNC(C)c1ccccc1N(C)Cc1cnn(C)c1. The van der Waals surface area contributed by atoms with Crippen molar-refractivity contribution in [2.45, 2.75) is 26.4 Å². The number of benzene rings is 1. The summed E-state index contributed by atoms with van der Waals surface area (Å²) in [4.78, 5) is 2.28. The highest BCUT2D eigenvalue weighted by Gasteiger charge is 2.12. The highest BCUT2D eigenvalue weighted by atomic mass is 15.2. The van der Waals surface area contributed by atoms with Gasteiger partial charge in [-0.1, -0.05) is 25.1 Å². The van der Waals surface area contributed by atoms with Crippen LogP contribution in [0.4, 0.5) is 5.69 Å². The molecule has 0 radical (unpaired) electrons. The third kappa shape index (κ3) is 3.39. The van der Waals surface area contributed by atoms with E-state index in [0.29, 0.717) is 6.04 Å². The number of para-hydroxylation sites is 1. The number of aryl methyl sites for hydroxylation is 1. The van der Waals surface area contributed by atoms with Crippen LogP contribution >= 0.6 is 0 Å². The fourth-order valence-corrected chi connectivity index (χ4v) is 2.53. The van der Waals surface area contributed by atoms with Crippen molar-refractivity contribution in [3.63, 3.8) is 0 Å². The minimum absolute atomic E-state index is 0.354. The third-order valence-corrected chi connectivity index (χ3v) is 3.50. The van der Waals surface area contributed by atoms with Crippen molar-refractivity contribution in [2.24, 2.45) is 7.05 Å². The average Bonchev–Trinajstić information content (AvgIpc) is 2.84. The van der Waals surface area contributed by atoms with Gasteiger partial charge in [0.2, 0.25) is 0 Å². The lowest BCUT2D eigenvalue weighted by Crippen LogP contribution is -2.23. The highest BCUT2D eigenvalue weighted by molar-refractivity contribution is 5.54. The Balaban J connectivity index is 2.18. The predicted molar refractivity (Wildman–Crippen MR) is 83.8 cm³/mol. The van der Waals surface area contributed by atoms with E-state index in [-0.39, 0.29) is 0 Å². The van der Waals surface area contributed by atoms with Gasteiger partial charge in [0, 0.05) is 44.1 Å². The van der Waals surface area contributed by atoms with E-state index in [1.807, 2.05) is 17.9 Å². The van der Waals surface area contributed by atoms with Gasteiger partial charge in [0.25, 0.3) is 0 Å². The van der Waals surface area contributed by atoms with E-state index < -0.39 is 0 Å². The maximum atomic E-state index is 4.23. The topological polar surface area (TPSA) is 33.1 Å². The van der Waals surface area contributed by atoms with Crippen molar-refractivity contribution in [3.8, 4) is 0 Å². The quantitative estimate of drug-likeness (QED) is 0.877. The van der Waals surface area contributed by atoms with Gasteiger partial charge in [0.15, 0.2) is 0 Å². The number of hydrogen-bond acceptors (Lipinski definition) is 3. The molecule has 0 saturated heterocycles. The van der Waals surface area contributed by atoms with Crippen molar-refractivity contribution in [2.75, 3.05) is 18.5 Å². The molecule has 108 valence electrons. The molecule has 2 rings (SSSR count). The monoisotopic (exact) mass is 272 g/mol. The first-order chi connectivity index (χ1) is 9.61. The number of aromatic nitrogens is 2. The van der Waals surface area contributed by atoms with E-state index >= 15 is 0 Å². The second-order valence-corrected chi connectivity index (χ2v) is 5.22. The molecule has 1 heterocycles. The Labute approximate surface area is 121 Å². The van der Waals surface area contributed by atoms with Crippen molar-refractivity contribution >= 4 is 5.69 Å². The van der Waals surface area contributed by atoms with E-state index in [1.165, 1.54) is 16.8 Å². The van der Waals surface area contributed by atoms with Crippen LogP contribution in [0.25, 0.3) is 0 Å².